The van der Waals surface area contributed by atoms with E-state index in [9.17, 15) is 4.79 Å². The average molecular weight is 272 g/mol. The summed E-state index contributed by atoms with van der Waals surface area (Å²) < 4.78 is 10.9. The Labute approximate surface area is 115 Å². The van der Waals surface area contributed by atoms with Gasteiger partial charge in [0.2, 0.25) is 0 Å². The summed E-state index contributed by atoms with van der Waals surface area (Å²) in [6.45, 7) is 2.69. The Morgan fingerprint density at radius 3 is 2.70 bits per heavy atom. The number of carboxylic acids is 1. The highest BCUT2D eigenvalue weighted by Crippen LogP contribution is 2.33. The molecule has 0 bridgehead atoms. The third kappa shape index (κ3) is 2.16. The van der Waals surface area contributed by atoms with Gasteiger partial charge in [-0.3, -0.25) is 0 Å². The van der Waals surface area contributed by atoms with Crippen molar-refractivity contribution >= 4 is 5.97 Å². The van der Waals surface area contributed by atoms with Crippen molar-refractivity contribution in [2.24, 2.45) is 0 Å². The molecule has 1 aliphatic rings. The minimum Gasteiger partial charge on any atom is -0.486 e. The monoisotopic (exact) mass is 272 g/mol. The first-order valence-electron chi connectivity index (χ1n) is 6.12. The number of carbonyl (C=O) groups is 1. The quantitative estimate of drug-likeness (QED) is 0.899. The maximum atomic E-state index is 10.9. The molecule has 0 radical (unpaired) electrons. The third-order valence-corrected chi connectivity index (χ3v) is 3.01. The van der Waals surface area contributed by atoms with Gasteiger partial charge in [0.25, 0.3) is 0 Å². The number of aromatic nitrogens is 2. The van der Waals surface area contributed by atoms with Gasteiger partial charge < -0.3 is 14.6 Å². The van der Waals surface area contributed by atoms with E-state index in [1.54, 1.807) is 19.1 Å². The van der Waals surface area contributed by atoms with Crippen LogP contribution in [0, 0.1) is 6.92 Å². The van der Waals surface area contributed by atoms with Crippen LogP contribution >= 0.6 is 0 Å². The van der Waals surface area contributed by atoms with Crippen LogP contribution in [-0.2, 0) is 0 Å². The number of nitrogens with zero attached hydrogens (tertiary/aromatic N) is 2. The predicted molar refractivity (Wildman–Crippen MR) is 70.2 cm³/mol. The number of rotatable bonds is 2. The third-order valence-electron chi connectivity index (χ3n) is 3.01. The Bertz CT molecular complexity index is 685. The molecule has 1 aliphatic heterocycles. The molecule has 0 saturated heterocycles. The van der Waals surface area contributed by atoms with E-state index in [0.717, 1.165) is 5.56 Å². The maximum absolute atomic E-state index is 10.9. The zero-order chi connectivity index (χ0) is 14.1. The van der Waals surface area contributed by atoms with E-state index in [2.05, 4.69) is 9.97 Å². The van der Waals surface area contributed by atoms with Crippen molar-refractivity contribution in [3.8, 4) is 22.9 Å². The lowest BCUT2D eigenvalue weighted by Crippen LogP contribution is -2.15. The van der Waals surface area contributed by atoms with E-state index in [4.69, 9.17) is 14.6 Å². The van der Waals surface area contributed by atoms with Crippen LogP contribution in [0.3, 0.4) is 0 Å². The predicted octanol–water partition coefficient (Wildman–Crippen LogP) is 1.92. The van der Waals surface area contributed by atoms with E-state index in [-0.39, 0.29) is 5.56 Å². The molecule has 0 amide bonds. The topological polar surface area (TPSA) is 81.5 Å². The minimum absolute atomic E-state index is 0.103. The smallest absolute Gasteiger partial charge is 0.339 e. The molecule has 0 aliphatic carbocycles. The Kier molecular flexibility index (Phi) is 2.98. The van der Waals surface area contributed by atoms with Gasteiger partial charge in [0, 0.05) is 11.8 Å². The largest absolute Gasteiger partial charge is 0.486 e. The fourth-order valence-corrected chi connectivity index (χ4v) is 2.00. The minimum atomic E-state index is -1.03. The number of hydrogen-bond acceptors (Lipinski definition) is 5. The SMILES string of the molecule is Cc1nc(-c2ccc3c(c2)OCCO3)ncc1C(=O)O. The van der Waals surface area contributed by atoms with Crippen LogP contribution in [0.2, 0.25) is 0 Å². The number of carboxylic acid groups (broad SMARTS) is 1. The normalized spacial score (nSPS) is 13.1. The van der Waals surface area contributed by atoms with Gasteiger partial charge >= 0.3 is 5.97 Å². The van der Waals surface area contributed by atoms with E-state index < -0.39 is 5.97 Å². The fourth-order valence-electron chi connectivity index (χ4n) is 2.00. The molecular weight excluding hydrogens is 260 g/mol. The number of aromatic carboxylic acids is 1. The first kappa shape index (κ1) is 12.4. The summed E-state index contributed by atoms with van der Waals surface area (Å²) in [6, 6.07) is 5.42. The number of benzene rings is 1. The molecule has 20 heavy (non-hydrogen) atoms. The van der Waals surface area contributed by atoms with Crippen LogP contribution in [0.25, 0.3) is 11.4 Å². The van der Waals surface area contributed by atoms with Gasteiger partial charge in [-0.2, -0.15) is 0 Å². The molecule has 0 fully saturated rings. The van der Waals surface area contributed by atoms with Gasteiger partial charge in [-0.25, -0.2) is 14.8 Å². The second kappa shape index (κ2) is 4.80. The lowest BCUT2D eigenvalue weighted by atomic mass is 10.1. The van der Waals surface area contributed by atoms with Crippen LogP contribution in [0.1, 0.15) is 16.1 Å². The van der Waals surface area contributed by atoms with Crippen LogP contribution in [0.5, 0.6) is 11.5 Å². The van der Waals surface area contributed by atoms with E-state index in [0.29, 0.717) is 36.2 Å². The van der Waals surface area contributed by atoms with Crippen molar-refractivity contribution in [2.45, 2.75) is 6.92 Å². The standard InChI is InChI=1S/C14H12N2O4/c1-8-10(14(17)18)7-15-13(16-8)9-2-3-11-12(6-9)20-5-4-19-11/h2-3,6-7H,4-5H2,1H3,(H,17,18). The van der Waals surface area contributed by atoms with E-state index in [1.807, 2.05) is 6.07 Å². The van der Waals surface area contributed by atoms with Crippen LogP contribution in [-0.4, -0.2) is 34.3 Å². The fraction of sp³-hybridized carbons (Fsp3) is 0.214. The summed E-state index contributed by atoms with van der Waals surface area (Å²) in [6.07, 6.45) is 1.32. The molecule has 1 aromatic heterocycles. The molecule has 1 aromatic carbocycles. The summed E-state index contributed by atoms with van der Waals surface area (Å²) in [4.78, 5) is 19.3. The van der Waals surface area contributed by atoms with Crippen molar-refractivity contribution in [1.29, 1.82) is 0 Å². The molecule has 6 heteroatoms. The summed E-state index contributed by atoms with van der Waals surface area (Å²) in [5, 5.41) is 8.97. The Morgan fingerprint density at radius 2 is 2.00 bits per heavy atom. The number of aryl methyl sites for hydroxylation is 1. The molecular formula is C14H12N2O4. The van der Waals surface area contributed by atoms with Crippen LogP contribution < -0.4 is 9.47 Å². The van der Waals surface area contributed by atoms with Gasteiger partial charge in [0.1, 0.15) is 13.2 Å². The van der Waals surface area contributed by atoms with Gasteiger partial charge in [-0.15, -0.1) is 0 Å². The lowest BCUT2D eigenvalue weighted by molar-refractivity contribution is 0.0695. The van der Waals surface area contributed by atoms with Crippen molar-refractivity contribution in [3.63, 3.8) is 0 Å². The average Bonchev–Trinajstić information content (AvgIpc) is 2.46. The Hall–Kier alpha value is -2.63. The molecule has 2 heterocycles. The van der Waals surface area contributed by atoms with Crippen molar-refractivity contribution in [2.75, 3.05) is 13.2 Å². The molecule has 6 nitrogen and oxygen atoms in total. The number of fused-ring (bicyclic) bond motifs is 1. The first-order valence-corrected chi connectivity index (χ1v) is 6.12. The van der Waals surface area contributed by atoms with Crippen molar-refractivity contribution in [3.05, 3.63) is 35.7 Å². The summed E-state index contributed by atoms with van der Waals surface area (Å²) in [5.74, 6) is 0.775. The van der Waals surface area contributed by atoms with Crippen LogP contribution in [0.15, 0.2) is 24.4 Å². The number of hydrogen-bond donors (Lipinski definition) is 1. The molecule has 1 N–H and O–H groups in total. The second-order valence-electron chi connectivity index (χ2n) is 4.36. The first-order chi connectivity index (χ1) is 9.65. The number of ether oxygens (including phenoxy) is 2. The molecule has 0 unspecified atom stereocenters. The van der Waals surface area contributed by atoms with E-state index in [1.165, 1.54) is 6.20 Å². The summed E-state index contributed by atoms with van der Waals surface area (Å²) >= 11 is 0. The van der Waals surface area contributed by atoms with E-state index >= 15 is 0 Å². The molecule has 3 rings (SSSR count). The van der Waals surface area contributed by atoms with Crippen molar-refractivity contribution < 1.29 is 19.4 Å². The Morgan fingerprint density at radius 1 is 1.25 bits per heavy atom. The highest BCUT2D eigenvalue weighted by atomic mass is 16.6. The molecule has 2 aromatic rings. The van der Waals surface area contributed by atoms with Gasteiger partial charge in [0.05, 0.1) is 11.3 Å². The summed E-state index contributed by atoms with van der Waals surface area (Å²) in [5.41, 5.74) is 1.29. The maximum Gasteiger partial charge on any atom is 0.339 e. The molecule has 0 spiro atoms. The van der Waals surface area contributed by atoms with Gasteiger partial charge in [-0.05, 0) is 25.1 Å². The molecule has 102 valence electrons. The zero-order valence-corrected chi connectivity index (χ0v) is 10.8. The molecule has 0 saturated carbocycles. The highest BCUT2D eigenvalue weighted by Gasteiger charge is 2.15. The second-order valence-corrected chi connectivity index (χ2v) is 4.36. The van der Waals surface area contributed by atoms with Crippen molar-refractivity contribution in [1.82, 2.24) is 9.97 Å². The van der Waals surface area contributed by atoms with Gasteiger partial charge in [-0.1, -0.05) is 0 Å². The van der Waals surface area contributed by atoms with Gasteiger partial charge in [0.15, 0.2) is 17.3 Å². The summed E-state index contributed by atoms with van der Waals surface area (Å²) in [7, 11) is 0. The Balaban J connectivity index is 2.01. The zero-order valence-electron chi connectivity index (χ0n) is 10.8. The van der Waals surface area contributed by atoms with Crippen LogP contribution in [0.4, 0.5) is 0 Å². The molecule has 0 atom stereocenters. The highest BCUT2D eigenvalue weighted by molar-refractivity contribution is 5.88. The lowest BCUT2D eigenvalue weighted by Gasteiger charge is -2.18.